The summed E-state index contributed by atoms with van der Waals surface area (Å²) in [6.45, 7) is 7.09. The lowest BCUT2D eigenvalue weighted by Gasteiger charge is -1.96. The van der Waals surface area contributed by atoms with Crippen LogP contribution >= 0.6 is 0 Å². The highest BCUT2D eigenvalue weighted by molar-refractivity contribution is 4.81. The molecular formula is C5H10O. The van der Waals surface area contributed by atoms with E-state index in [1.54, 1.807) is 0 Å². The molecule has 1 N–H and O–H groups in total. The first-order valence-electron chi connectivity index (χ1n) is 2.02. The molecule has 0 rings (SSSR count). The Bertz CT molecular complexity index is 55.0. The Morgan fingerprint density at radius 2 is 1.83 bits per heavy atom. The second-order valence-electron chi connectivity index (χ2n) is 1.65. The van der Waals surface area contributed by atoms with Gasteiger partial charge in [0.15, 0.2) is 0 Å². The lowest BCUT2D eigenvalue weighted by Crippen LogP contribution is -1.87. The Morgan fingerprint density at radius 1 is 1.67 bits per heavy atom. The van der Waals surface area contributed by atoms with Crippen LogP contribution in [-0.4, -0.2) is 5.11 Å². The molecule has 0 fully saturated rings. The molecule has 0 aliphatic rings. The second-order valence-corrected chi connectivity index (χ2v) is 1.65. The van der Waals surface area contributed by atoms with Gasteiger partial charge in [-0.2, -0.15) is 0 Å². The molecule has 0 atom stereocenters. The molecule has 0 aliphatic carbocycles. The molecule has 1 heteroatoms. The maximum absolute atomic E-state index is 8.44. The lowest BCUT2D eigenvalue weighted by molar-refractivity contribution is 0.355. The minimum atomic E-state index is 0.213. The molecule has 0 bridgehead atoms. The van der Waals surface area contributed by atoms with Crippen LogP contribution < -0.4 is 0 Å². The van der Waals surface area contributed by atoms with Crippen LogP contribution in [0, 0.1) is 5.92 Å². The number of aliphatic hydroxyl groups is 1. The molecule has 6 heavy (non-hydrogen) atoms. The van der Waals surface area contributed by atoms with Gasteiger partial charge in [0.25, 0.3) is 0 Å². The van der Waals surface area contributed by atoms with E-state index in [9.17, 15) is 0 Å². The van der Waals surface area contributed by atoms with Crippen LogP contribution in [0.3, 0.4) is 0 Å². The highest BCUT2D eigenvalue weighted by Gasteiger charge is 1.91. The van der Waals surface area contributed by atoms with Crippen LogP contribution in [0.1, 0.15) is 13.8 Å². The Labute approximate surface area is 38.3 Å². The summed E-state index contributed by atoms with van der Waals surface area (Å²) in [4.78, 5) is 0. The summed E-state index contributed by atoms with van der Waals surface area (Å²) in [5, 5.41) is 8.44. The summed E-state index contributed by atoms with van der Waals surface area (Å²) in [6, 6.07) is 0. The fourth-order valence-electron chi connectivity index (χ4n) is 0. The molecule has 0 saturated heterocycles. The van der Waals surface area contributed by atoms with Crippen LogP contribution in [-0.2, 0) is 0 Å². The minimum Gasteiger partial charge on any atom is -0.513 e. The first-order valence-corrected chi connectivity index (χ1v) is 2.02. The first kappa shape index (κ1) is 5.54. The summed E-state index contributed by atoms with van der Waals surface area (Å²) < 4.78 is 0. The fraction of sp³-hybridized carbons (Fsp3) is 0.600. The molecule has 0 heterocycles. The standard InChI is InChI=1S/C5H10O/c1-4(2)5(3)6/h4,6H,3H2,1-2H3. The summed E-state index contributed by atoms with van der Waals surface area (Å²) in [6.07, 6.45) is 0. The third-order valence-corrected chi connectivity index (χ3v) is 0.666. The van der Waals surface area contributed by atoms with Gasteiger partial charge in [0, 0.05) is 5.92 Å². The summed E-state index contributed by atoms with van der Waals surface area (Å²) in [5.74, 6) is 0.472. The fourth-order valence-corrected chi connectivity index (χ4v) is 0. The van der Waals surface area contributed by atoms with Gasteiger partial charge in [0.2, 0.25) is 0 Å². The highest BCUT2D eigenvalue weighted by Crippen LogP contribution is 1.99. The third-order valence-electron chi connectivity index (χ3n) is 0.666. The van der Waals surface area contributed by atoms with Crippen molar-refractivity contribution < 1.29 is 5.11 Å². The summed E-state index contributed by atoms with van der Waals surface area (Å²) >= 11 is 0. The Balaban J connectivity index is 3.26. The number of hydrogen-bond acceptors (Lipinski definition) is 1. The Morgan fingerprint density at radius 3 is 1.83 bits per heavy atom. The molecule has 0 aromatic carbocycles. The van der Waals surface area contributed by atoms with Gasteiger partial charge < -0.3 is 5.11 Å². The van der Waals surface area contributed by atoms with E-state index in [1.165, 1.54) is 0 Å². The molecule has 0 aliphatic heterocycles. The molecule has 1 nitrogen and oxygen atoms in total. The molecular weight excluding hydrogens is 76.1 g/mol. The lowest BCUT2D eigenvalue weighted by atomic mass is 10.2. The van der Waals surface area contributed by atoms with E-state index in [1.807, 2.05) is 13.8 Å². The zero-order chi connectivity index (χ0) is 5.15. The predicted molar refractivity (Wildman–Crippen MR) is 26.6 cm³/mol. The molecule has 0 radical (unpaired) electrons. The largest absolute Gasteiger partial charge is 0.513 e. The van der Waals surface area contributed by atoms with E-state index >= 15 is 0 Å². The van der Waals surface area contributed by atoms with Gasteiger partial charge in [-0.05, 0) is 0 Å². The molecule has 0 unspecified atom stereocenters. The van der Waals surface area contributed by atoms with E-state index < -0.39 is 0 Å². The maximum Gasteiger partial charge on any atom is 0.0876 e. The number of allylic oxidation sites excluding steroid dienone is 1. The highest BCUT2D eigenvalue weighted by atomic mass is 16.3. The number of aliphatic hydroxyl groups excluding tert-OH is 1. The van der Waals surface area contributed by atoms with Crippen LogP contribution in [0.15, 0.2) is 12.3 Å². The average Bonchev–Trinajstić information content (AvgIpc) is 1.36. The summed E-state index contributed by atoms with van der Waals surface area (Å²) in [7, 11) is 0. The van der Waals surface area contributed by atoms with Gasteiger partial charge in [0.1, 0.15) is 0 Å². The van der Waals surface area contributed by atoms with E-state index in [4.69, 9.17) is 5.11 Å². The van der Waals surface area contributed by atoms with Crippen molar-refractivity contribution in [2.45, 2.75) is 13.8 Å². The smallest absolute Gasteiger partial charge is 0.0876 e. The van der Waals surface area contributed by atoms with Crippen LogP contribution in [0.2, 0.25) is 0 Å². The quantitative estimate of drug-likeness (QED) is 0.482. The molecule has 36 valence electrons. The van der Waals surface area contributed by atoms with Crippen molar-refractivity contribution in [2.24, 2.45) is 5.92 Å². The van der Waals surface area contributed by atoms with Crippen molar-refractivity contribution in [1.29, 1.82) is 0 Å². The first-order chi connectivity index (χ1) is 2.64. The second kappa shape index (κ2) is 1.85. The predicted octanol–water partition coefficient (Wildman–Crippen LogP) is 1.71. The third kappa shape index (κ3) is 1.82. The van der Waals surface area contributed by atoms with Crippen LogP contribution in [0.25, 0.3) is 0 Å². The Hall–Kier alpha value is -0.460. The van der Waals surface area contributed by atoms with E-state index in [-0.39, 0.29) is 11.7 Å². The number of rotatable bonds is 1. The van der Waals surface area contributed by atoms with Crippen molar-refractivity contribution in [3.63, 3.8) is 0 Å². The van der Waals surface area contributed by atoms with Gasteiger partial charge in [-0.3, -0.25) is 0 Å². The number of hydrogen-bond donors (Lipinski definition) is 1. The molecule has 0 aromatic rings. The maximum atomic E-state index is 8.44. The van der Waals surface area contributed by atoms with Crippen molar-refractivity contribution >= 4 is 0 Å². The molecule has 0 saturated carbocycles. The van der Waals surface area contributed by atoms with Gasteiger partial charge in [0.05, 0.1) is 5.76 Å². The van der Waals surface area contributed by atoms with Crippen molar-refractivity contribution in [2.75, 3.05) is 0 Å². The van der Waals surface area contributed by atoms with Crippen LogP contribution in [0.4, 0.5) is 0 Å². The van der Waals surface area contributed by atoms with Crippen molar-refractivity contribution in [3.05, 3.63) is 12.3 Å². The van der Waals surface area contributed by atoms with E-state index in [2.05, 4.69) is 6.58 Å². The monoisotopic (exact) mass is 86.1 g/mol. The topological polar surface area (TPSA) is 20.2 Å². The Kier molecular flexibility index (Phi) is 1.71. The van der Waals surface area contributed by atoms with Crippen molar-refractivity contribution in [3.8, 4) is 0 Å². The van der Waals surface area contributed by atoms with Gasteiger partial charge in [-0.15, -0.1) is 0 Å². The van der Waals surface area contributed by atoms with E-state index in [0.29, 0.717) is 0 Å². The SMILES string of the molecule is C=C(O)C(C)C. The molecule has 0 aromatic heterocycles. The molecule has 0 spiro atoms. The van der Waals surface area contributed by atoms with Gasteiger partial charge in [-0.1, -0.05) is 20.4 Å². The minimum absolute atomic E-state index is 0.213. The zero-order valence-electron chi connectivity index (χ0n) is 4.23. The zero-order valence-corrected chi connectivity index (χ0v) is 4.23. The average molecular weight is 86.1 g/mol. The summed E-state index contributed by atoms with van der Waals surface area (Å²) in [5.41, 5.74) is 0. The van der Waals surface area contributed by atoms with Gasteiger partial charge >= 0.3 is 0 Å². The molecule has 0 amide bonds. The normalized spacial score (nSPS) is 9.17. The van der Waals surface area contributed by atoms with Crippen molar-refractivity contribution in [1.82, 2.24) is 0 Å². The van der Waals surface area contributed by atoms with Crippen LogP contribution in [0.5, 0.6) is 0 Å². The van der Waals surface area contributed by atoms with E-state index in [0.717, 1.165) is 0 Å². The van der Waals surface area contributed by atoms with Gasteiger partial charge in [-0.25, -0.2) is 0 Å².